The Bertz CT molecular complexity index is 857. The van der Waals surface area contributed by atoms with E-state index in [1.807, 2.05) is 6.92 Å². The van der Waals surface area contributed by atoms with Crippen molar-refractivity contribution in [3.8, 4) is 0 Å². The van der Waals surface area contributed by atoms with E-state index < -0.39 is 18.0 Å². The lowest BCUT2D eigenvalue weighted by Gasteiger charge is -2.14. The molecule has 0 saturated carbocycles. The minimum Gasteiger partial charge on any atom is -0.481 e. The van der Waals surface area contributed by atoms with Gasteiger partial charge in [-0.15, -0.1) is 0 Å². The van der Waals surface area contributed by atoms with E-state index in [2.05, 4.69) is 10.6 Å². The standard InChI is InChI=1S/C36H66N2O11/c1-2-46-26-27-48-25-23-37-34(41)30-49-29-28-47-24-17-18-31(39)21-22-32(36(44)45)38-33(40)19-15-13-11-9-7-5-3-4-6-8-10-12-14-16-20-35(42)43/h32H,2-30H2,1H3,(H,37,41)(H,38,40)(H,42,43)(H,44,45)/t32-/m0/s1. The maximum atomic E-state index is 12.3. The van der Waals surface area contributed by atoms with Gasteiger partial charge in [-0.1, -0.05) is 77.0 Å². The second kappa shape index (κ2) is 35.2. The van der Waals surface area contributed by atoms with E-state index in [1.165, 1.54) is 44.9 Å². The van der Waals surface area contributed by atoms with Crippen molar-refractivity contribution in [1.29, 1.82) is 0 Å². The van der Waals surface area contributed by atoms with Crippen LogP contribution in [0.2, 0.25) is 0 Å². The van der Waals surface area contributed by atoms with E-state index in [4.69, 9.17) is 24.1 Å². The molecular weight excluding hydrogens is 636 g/mol. The molecule has 0 unspecified atom stereocenters. The zero-order chi connectivity index (χ0) is 36.2. The van der Waals surface area contributed by atoms with E-state index in [1.54, 1.807) is 0 Å². The molecule has 286 valence electrons. The summed E-state index contributed by atoms with van der Waals surface area (Å²) in [5.41, 5.74) is 0. The maximum absolute atomic E-state index is 12.3. The van der Waals surface area contributed by atoms with Gasteiger partial charge in [0.25, 0.3) is 0 Å². The van der Waals surface area contributed by atoms with Crippen LogP contribution < -0.4 is 10.6 Å². The molecule has 0 aliphatic carbocycles. The highest BCUT2D eigenvalue weighted by atomic mass is 16.5. The number of aliphatic carboxylic acids is 2. The summed E-state index contributed by atoms with van der Waals surface area (Å²) >= 11 is 0. The van der Waals surface area contributed by atoms with Crippen LogP contribution in [0.5, 0.6) is 0 Å². The number of rotatable bonds is 38. The van der Waals surface area contributed by atoms with Gasteiger partial charge in [-0.25, -0.2) is 4.79 Å². The molecule has 0 aromatic rings. The van der Waals surface area contributed by atoms with Crippen LogP contribution in [-0.2, 0) is 42.9 Å². The van der Waals surface area contributed by atoms with Crippen molar-refractivity contribution in [3.63, 3.8) is 0 Å². The first kappa shape index (κ1) is 46.4. The number of Topliss-reactive ketones (excluding diaryl/α,β-unsaturated/α-hetero) is 1. The first-order chi connectivity index (χ1) is 23.8. The van der Waals surface area contributed by atoms with Gasteiger partial charge in [0.1, 0.15) is 18.4 Å². The summed E-state index contributed by atoms with van der Waals surface area (Å²) in [5, 5.41) is 23.4. The van der Waals surface area contributed by atoms with Crippen molar-refractivity contribution in [2.45, 2.75) is 141 Å². The van der Waals surface area contributed by atoms with Crippen LogP contribution in [-0.4, -0.2) is 105 Å². The third-order valence-electron chi connectivity index (χ3n) is 7.88. The Hall–Kier alpha value is -2.61. The molecule has 2 amide bonds. The van der Waals surface area contributed by atoms with Gasteiger partial charge in [-0.3, -0.25) is 19.2 Å². The fraction of sp³-hybridized carbons (Fsp3) is 0.861. The number of hydrogen-bond donors (Lipinski definition) is 4. The second-order valence-electron chi connectivity index (χ2n) is 12.3. The molecule has 0 aliphatic heterocycles. The van der Waals surface area contributed by atoms with E-state index in [0.717, 1.165) is 38.5 Å². The molecule has 0 saturated heterocycles. The van der Waals surface area contributed by atoms with Crippen molar-refractivity contribution in [2.75, 3.05) is 59.4 Å². The number of amides is 2. The molecule has 0 bridgehead atoms. The summed E-state index contributed by atoms with van der Waals surface area (Å²) in [5.74, 6) is -2.46. The fourth-order valence-corrected chi connectivity index (χ4v) is 5.07. The molecule has 0 heterocycles. The summed E-state index contributed by atoms with van der Waals surface area (Å²) in [6, 6.07) is -1.08. The average Bonchev–Trinajstić information content (AvgIpc) is 3.06. The van der Waals surface area contributed by atoms with Crippen LogP contribution in [0.4, 0.5) is 0 Å². The van der Waals surface area contributed by atoms with Crippen LogP contribution in [0.15, 0.2) is 0 Å². The van der Waals surface area contributed by atoms with Gasteiger partial charge in [0.05, 0.1) is 33.0 Å². The topological polar surface area (TPSA) is 187 Å². The fourth-order valence-electron chi connectivity index (χ4n) is 5.07. The van der Waals surface area contributed by atoms with Gasteiger partial charge >= 0.3 is 11.9 Å². The lowest BCUT2D eigenvalue weighted by Crippen LogP contribution is -2.41. The number of hydrogen-bond acceptors (Lipinski definition) is 9. The maximum Gasteiger partial charge on any atom is 0.326 e. The molecule has 13 nitrogen and oxygen atoms in total. The van der Waals surface area contributed by atoms with Crippen LogP contribution in [0, 0.1) is 0 Å². The van der Waals surface area contributed by atoms with E-state index >= 15 is 0 Å². The Balaban J connectivity index is 3.66. The van der Waals surface area contributed by atoms with Gasteiger partial charge in [0.2, 0.25) is 11.8 Å². The summed E-state index contributed by atoms with van der Waals surface area (Å²) in [6.45, 7) is 5.16. The van der Waals surface area contributed by atoms with E-state index in [-0.39, 0.29) is 69.5 Å². The smallest absolute Gasteiger partial charge is 0.326 e. The molecule has 49 heavy (non-hydrogen) atoms. The van der Waals surface area contributed by atoms with Gasteiger partial charge in [0.15, 0.2) is 0 Å². The van der Waals surface area contributed by atoms with E-state index in [9.17, 15) is 29.1 Å². The van der Waals surface area contributed by atoms with Gasteiger partial charge < -0.3 is 39.8 Å². The molecular formula is C36H66N2O11. The molecule has 0 radical (unpaired) electrons. The molecule has 1 atom stereocenters. The summed E-state index contributed by atoms with van der Waals surface area (Å²) in [4.78, 5) is 58.3. The third kappa shape index (κ3) is 35.0. The minimum atomic E-state index is -1.14. The Morgan fingerprint density at radius 2 is 1.04 bits per heavy atom. The number of ether oxygens (including phenoxy) is 4. The van der Waals surface area contributed by atoms with Crippen LogP contribution >= 0.6 is 0 Å². The monoisotopic (exact) mass is 702 g/mol. The summed E-state index contributed by atoms with van der Waals surface area (Å²) < 4.78 is 21.2. The molecule has 4 N–H and O–H groups in total. The highest BCUT2D eigenvalue weighted by molar-refractivity contribution is 5.84. The lowest BCUT2D eigenvalue weighted by molar-refractivity contribution is -0.142. The highest BCUT2D eigenvalue weighted by Crippen LogP contribution is 2.14. The van der Waals surface area contributed by atoms with Crippen molar-refractivity contribution in [1.82, 2.24) is 10.6 Å². The normalized spacial score (nSPS) is 11.7. The number of carboxylic acids is 2. The quantitative estimate of drug-likeness (QED) is 0.0619. The number of carboxylic acid groups (broad SMARTS) is 2. The van der Waals surface area contributed by atoms with Gasteiger partial charge in [0, 0.05) is 45.4 Å². The summed E-state index contributed by atoms with van der Waals surface area (Å²) in [7, 11) is 0. The van der Waals surface area contributed by atoms with Crippen molar-refractivity contribution >= 4 is 29.5 Å². The Labute approximate surface area is 293 Å². The molecule has 0 rings (SSSR count). The van der Waals surface area contributed by atoms with Crippen molar-refractivity contribution < 1.29 is 53.1 Å². The SMILES string of the molecule is CCOCCOCCNC(=O)COCCOCCCC(=O)CC[C@H](NC(=O)CCCCCCCCCCCCCCCCC(=O)O)C(=O)O. The van der Waals surface area contributed by atoms with Crippen LogP contribution in [0.1, 0.15) is 135 Å². The molecule has 0 fully saturated rings. The average molecular weight is 703 g/mol. The molecule has 0 spiro atoms. The summed E-state index contributed by atoms with van der Waals surface area (Å²) in [6.07, 6.45) is 16.7. The predicted molar refractivity (Wildman–Crippen MR) is 187 cm³/mol. The third-order valence-corrected chi connectivity index (χ3v) is 7.88. The molecule has 0 aromatic heterocycles. The largest absolute Gasteiger partial charge is 0.481 e. The molecule has 0 aromatic carbocycles. The number of carbonyl (C=O) groups is 5. The second-order valence-corrected chi connectivity index (χ2v) is 12.3. The Morgan fingerprint density at radius 3 is 1.59 bits per heavy atom. The number of unbranched alkanes of at least 4 members (excludes halogenated alkanes) is 13. The van der Waals surface area contributed by atoms with Crippen LogP contribution in [0.3, 0.4) is 0 Å². The van der Waals surface area contributed by atoms with Gasteiger partial charge in [-0.05, 0) is 32.6 Å². The Morgan fingerprint density at radius 1 is 0.531 bits per heavy atom. The van der Waals surface area contributed by atoms with Gasteiger partial charge in [-0.2, -0.15) is 0 Å². The first-order valence-corrected chi connectivity index (χ1v) is 18.6. The number of nitrogens with one attached hydrogen (secondary N) is 2. The zero-order valence-corrected chi connectivity index (χ0v) is 30.2. The van der Waals surface area contributed by atoms with Crippen molar-refractivity contribution in [2.24, 2.45) is 0 Å². The molecule has 13 heteroatoms. The Kier molecular flexibility index (Phi) is 33.3. The minimum absolute atomic E-state index is 0.0584. The van der Waals surface area contributed by atoms with Crippen LogP contribution in [0.25, 0.3) is 0 Å². The van der Waals surface area contributed by atoms with Crippen molar-refractivity contribution in [3.05, 3.63) is 0 Å². The highest BCUT2D eigenvalue weighted by Gasteiger charge is 2.20. The molecule has 0 aliphatic rings. The predicted octanol–water partition coefficient (Wildman–Crippen LogP) is 5.21. The first-order valence-electron chi connectivity index (χ1n) is 18.6. The lowest BCUT2D eigenvalue weighted by atomic mass is 10.0. The number of ketones is 1. The van der Waals surface area contributed by atoms with E-state index in [0.29, 0.717) is 52.4 Å². The zero-order valence-electron chi connectivity index (χ0n) is 30.2. The number of carbonyl (C=O) groups excluding carboxylic acids is 3.